The van der Waals surface area contributed by atoms with E-state index in [0.717, 1.165) is 30.5 Å². The minimum atomic E-state index is -0.492. The number of carbonyl (C=O) groups is 1. The maximum absolute atomic E-state index is 12.6. The second-order valence-corrected chi connectivity index (χ2v) is 5.47. The molecule has 1 fully saturated rings. The second-order valence-electron chi connectivity index (χ2n) is 5.47. The molecule has 0 spiro atoms. The molecule has 1 aliphatic heterocycles. The van der Waals surface area contributed by atoms with Gasteiger partial charge in [0, 0.05) is 11.9 Å². The van der Waals surface area contributed by atoms with E-state index in [1.165, 1.54) is 0 Å². The number of allylic oxidation sites excluding steroid dienone is 4. The molecule has 3 rings (SSSR count). The summed E-state index contributed by atoms with van der Waals surface area (Å²) in [4.78, 5) is 12.6. The van der Waals surface area contributed by atoms with Crippen LogP contribution in [0.15, 0.2) is 66.5 Å². The lowest BCUT2D eigenvalue weighted by Gasteiger charge is -2.40. The van der Waals surface area contributed by atoms with Crippen LogP contribution in [0.2, 0.25) is 0 Å². The number of benzene rings is 1. The molecule has 0 amide bonds. The first kappa shape index (κ1) is 13.7. The van der Waals surface area contributed by atoms with Crippen LogP contribution in [0.5, 0.6) is 0 Å². The molecule has 21 heavy (non-hydrogen) atoms. The summed E-state index contributed by atoms with van der Waals surface area (Å²) in [5.41, 5.74) is 1.47. The van der Waals surface area contributed by atoms with Gasteiger partial charge in [-0.05, 0) is 30.6 Å². The second kappa shape index (κ2) is 6.00. The minimum Gasteiger partial charge on any atom is -0.460 e. The first-order valence-corrected chi connectivity index (χ1v) is 7.33. The van der Waals surface area contributed by atoms with Gasteiger partial charge in [0.1, 0.15) is 12.0 Å². The number of ether oxygens (including phenoxy) is 1. The molecule has 1 aliphatic carbocycles. The van der Waals surface area contributed by atoms with Crippen molar-refractivity contribution < 1.29 is 9.53 Å². The molecule has 3 nitrogen and oxygen atoms in total. The molecule has 0 atom stereocenters. The topological polar surface area (TPSA) is 38.3 Å². The fraction of sp³-hybridized carbons (Fsp3) is 0.278. The maximum Gasteiger partial charge on any atom is 0.318 e. The van der Waals surface area contributed by atoms with Gasteiger partial charge in [0.15, 0.2) is 0 Å². The van der Waals surface area contributed by atoms with Crippen molar-refractivity contribution >= 4 is 5.97 Å². The van der Waals surface area contributed by atoms with Crippen LogP contribution in [0.25, 0.3) is 0 Å². The zero-order valence-corrected chi connectivity index (χ0v) is 11.9. The van der Waals surface area contributed by atoms with Crippen molar-refractivity contribution in [3.8, 4) is 0 Å². The van der Waals surface area contributed by atoms with Gasteiger partial charge in [-0.25, -0.2) is 0 Å². The highest BCUT2D eigenvalue weighted by molar-refractivity contribution is 5.81. The zero-order valence-electron chi connectivity index (χ0n) is 11.9. The van der Waals surface area contributed by atoms with Crippen molar-refractivity contribution in [2.24, 2.45) is 5.41 Å². The molecule has 1 aromatic rings. The molecule has 2 aliphatic rings. The average molecular weight is 281 g/mol. The molecular weight excluding hydrogens is 262 g/mol. The number of rotatable bonds is 4. The molecule has 0 unspecified atom stereocenters. The number of hydrogen-bond acceptors (Lipinski definition) is 3. The molecule has 1 heterocycles. The lowest BCUT2D eigenvalue weighted by molar-refractivity contribution is -0.160. The van der Waals surface area contributed by atoms with Crippen molar-refractivity contribution in [3.63, 3.8) is 0 Å². The molecule has 1 N–H and O–H groups in total. The lowest BCUT2D eigenvalue weighted by atomic mass is 9.66. The average Bonchev–Trinajstić information content (AvgIpc) is 2.75. The Kier molecular flexibility index (Phi) is 3.91. The largest absolute Gasteiger partial charge is 0.460 e. The summed E-state index contributed by atoms with van der Waals surface area (Å²) in [6, 6.07) is 9.79. The summed E-state index contributed by atoms with van der Waals surface area (Å²) in [5, 5.41) is 3.22. The predicted molar refractivity (Wildman–Crippen MR) is 82.0 cm³/mol. The van der Waals surface area contributed by atoms with Crippen LogP contribution in [-0.2, 0) is 16.1 Å². The van der Waals surface area contributed by atoms with Crippen molar-refractivity contribution in [3.05, 3.63) is 72.1 Å². The Morgan fingerprint density at radius 3 is 2.67 bits per heavy atom. The Balaban J connectivity index is 1.71. The lowest BCUT2D eigenvalue weighted by Crippen LogP contribution is -2.44. The molecular formula is C18H19NO2. The number of carbonyl (C=O) groups excluding carboxylic acids is 1. The Labute approximate surface area is 125 Å². The van der Waals surface area contributed by atoms with Crippen LogP contribution in [-0.4, -0.2) is 5.97 Å². The number of nitrogens with one attached hydrogen (secondary N) is 1. The van der Waals surface area contributed by atoms with Crippen LogP contribution in [0.3, 0.4) is 0 Å². The van der Waals surface area contributed by atoms with Crippen molar-refractivity contribution in [1.82, 2.24) is 5.32 Å². The number of hydrogen-bond donors (Lipinski definition) is 1. The standard InChI is InChI=1S/C18H19NO2/c20-17(21-14-15-8-3-1-4-9-15)18(11-7-12-18)16-10-5-2-6-13-19-16/h1-6,8-10,13,19H,7,11-12,14H2. The van der Waals surface area contributed by atoms with Gasteiger partial charge in [-0.1, -0.05) is 48.9 Å². The van der Waals surface area contributed by atoms with Gasteiger partial charge in [0.2, 0.25) is 0 Å². The van der Waals surface area contributed by atoms with E-state index in [1.54, 1.807) is 0 Å². The summed E-state index contributed by atoms with van der Waals surface area (Å²) in [5.74, 6) is -0.125. The molecule has 108 valence electrons. The van der Waals surface area contributed by atoms with Gasteiger partial charge in [-0.15, -0.1) is 0 Å². The fourth-order valence-corrected chi connectivity index (χ4v) is 2.73. The summed E-state index contributed by atoms with van der Waals surface area (Å²) in [7, 11) is 0. The van der Waals surface area contributed by atoms with E-state index in [1.807, 2.05) is 60.8 Å². The molecule has 0 aromatic heterocycles. The van der Waals surface area contributed by atoms with E-state index in [4.69, 9.17) is 4.74 Å². The van der Waals surface area contributed by atoms with Crippen LogP contribution in [0.1, 0.15) is 24.8 Å². The Bertz CT molecular complexity index is 595. The summed E-state index contributed by atoms with van der Waals surface area (Å²) in [6.45, 7) is 0.334. The zero-order chi connectivity index (χ0) is 14.5. The van der Waals surface area contributed by atoms with Gasteiger partial charge in [-0.3, -0.25) is 4.79 Å². The number of esters is 1. The highest BCUT2D eigenvalue weighted by Crippen LogP contribution is 2.47. The van der Waals surface area contributed by atoms with E-state index in [9.17, 15) is 4.79 Å². The van der Waals surface area contributed by atoms with E-state index >= 15 is 0 Å². The smallest absolute Gasteiger partial charge is 0.318 e. The van der Waals surface area contributed by atoms with Gasteiger partial charge >= 0.3 is 5.97 Å². The van der Waals surface area contributed by atoms with Crippen LogP contribution in [0.4, 0.5) is 0 Å². The molecule has 0 bridgehead atoms. The van der Waals surface area contributed by atoms with Gasteiger partial charge in [0.25, 0.3) is 0 Å². The maximum atomic E-state index is 12.6. The monoisotopic (exact) mass is 281 g/mol. The highest BCUT2D eigenvalue weighted by Gasteiger charge is 2.48. The first-order chi connectivity index (χ1) is 10.3. The fourth-order valence-electron chi connectivity index (χ4n) is 2.73. The molecule has 1 saturated carbocycles. The third-order valence-corrected chi connectivity index (χ3v) is 4.15. The van der Waals surface area contributed by atoms with Crippen molar-refractivity contribution in [2.75, 3.05) is 0 Å². The molecule has 0 saturated heterocycles. The minimum absolute atomic E-state index is 0.125. The van der Waals surface area contributed by atoms with Crippen LogP contribution >= 0.6 is 0 Å². The van der Waals surface area contributed by atoms with E-state index < -0.39 is 5.41 Å². The van der Waals surface area contributed by atoms with Crippen molar-refractivity contribution in [2.45, 2.75) is 25.9 Å². The summed E-state index contributed by atoms with van der Waals surface area (Å²) in [6.07, 6.45) is 12.4. The van der Waals surface area contributed by atoms with E-state index in [-0.39, 0.29) is 5.97 Å². The highest BCUT2D eigenvalue weighted by atomic mass is 16.5. The molecule has 0 radical (unpaired) electrons. The SMILES string of the molecule is O=C(OCc1ccccc1)C1(C2=CC=CC=CN2)CCC1. The Morgan fingerprint density at radius 1 is 1.14 bits per heavy atom. The Hall–Kier alpha value is -2.29. The molecule has 1 aromatic carbocycles. The van der Waals surface area contributed by atoms with E-state index in [0.29, 0.717) is 6.61 Å². The first-order valence-electron chi connectivity index (χ1n) is 7.33. The van der Waals surface area contributed by atoms with Crippen molar-refractivity contribution in [1.29, 1.82) is 0 Å². The van der Waals surface area contributed by atoms with Crippen LogP contribution < -0.4 is 5.32 Å². The predicted octanol–water partition coefficient (Wildman–Crippen LogP) is 3.46. The van der Waals surface area contributed by atoms with Crippen LogP contribution in [0, 0.1) is 5.41 Å². The van der Waals surface area contributed by atoms with Gasteiger partial charge in [-0.2, -0.15) is 0 Å². The third kappa shape index (κ3) is 2.77. The van der Waals surface area contributed by atoms with Gasteiger partial charge in [0.05, 0.1) is 0 Å². The van der Waals surface area contributed by atoms with E-state index in [2.05, 4.69) is 5.32 Å². The molecule has 3 heteroatoms. The summed E-state index contributed by atoms with van der Waals surface area (Å²) < 4.78 is 5.56. The Morgan fingerprint density at radius 2 is 1.95 bits per heavy atom. The quantitative estimate of drug-likeness (QED) is 0.859. The summed E-state index contributed by atoms with van der Waals surface area (Å²) >= 11 is 0. The normalized spacial score (nSPS) is 19.0. The van der Waals surface area contributed by atoms with Gasteiger partial charge < -0.3 is 10.1 Å². The third-order valence-electron chi connectivity index (χ3n) is 4.15.